The van der Waals surface area contributed by atoms with Gasteiger partial charge in [0.05, 0.1) is 0 Å². The van der Waals surface area contributed by atoms with E-state index in [0.717, 1.165) is 5.56 Å². The number of carbonyl (C=O) groups is 2. The van der Waals surface area contributed by atoms with Gasteiger partial charge in [0.2, 0.25) is 5.91 Å². The number of halogens is 2. The number of hydrogen-bond acceptors (Lipinski definition) is 3. The molecular weight excluding hydrogens is 375 g/mol. The highest BCUT2D eigenvalue weighted by Crippen LogP contribution is 2.15. The Hall–Kier alpha value is -2.24. The van der Waals surface area contributed by atoms with E-state index >= 15 is 0 Å². The lowest BCUT2D eigenvalue weighted by molar-refractivity contribution is -0.130. The molecule has 2 aromatic carbocycles. The molecule has 0 aliphatic rings. The minimum Gasteiger partial charge on any atom is -0.484 e. The van der Waals surface area contributed by atoms with Crippen LogP contribution in [0.5, 0.6) is 5.75 Å². The molecule has 0 saturated heterocycles. The molecule has 5 nitrogen and oxygen atoms in total. The third-order valence-corrected chi connectivity index (χ3v) is 4.12. The van der Waals surface area contributed by atoms with E-state index in [2.05, 4.69) is 5.32 Å². The molecule has 1 N–H and O–H groups in total. The van der Waals surface area contributed by atoms with Gasteiger partial charge in [-0.3, -0.25) is 9.59 Å². The van der Waals surface area contributed by atoms with Crippen LogP contribution in [0.3, 0.4) is 0 Å². The number of nitrogens with zero attached hydrogens (tertiary/aromatic N) is 1. The van der Waals surface area contributed by atoms with Gasteiger partial charge in [0.1, 0.15) is 5.75 Å². The summed E-state index contributed by atoms with van der Waals surface area (Å²) < 4.78 is 5.37. The molecule has 0 fully saturated rings. The van der Waals surface area contributed by atoms with Gasteiger partial charge < -0.3 is 15.0 Å². The smallest absolute Gasteiger partial charge is 0.258 e. The van der Waals surface area contributed by atoms with Gasteiger partial charge in [-0.15, -0.1) is 0 Å². The fourth-order valence-electron chi connectivity index (χ4n) is 2.22. The Morgan fingerprint density at radius 3 is 2.15 bits per heavy atom. The zero-order chi connectivity index (χ0) is 18.9. The third-order valence-electron chi connectivity index (χ3n) is 3.62. The molecule has 0 unspecified atom stereocenters. The molecular formula is C19H20Cl2N2O3. The Morgan fingerprint density at radius 1 is 1.00 bits per heavy atom. The first-order valence-electron chi connectivity index (χ1n) is 8.09. The van der Waals surface area contributed by atoms with Crippen molar-refractivity contribution in [3.63, 3.8) is 0 Å². The van der Waals surface area contributed by atoms with Crippen molar-refractivity contribution in [3.8, 4) is 5.75 Å². The number of nitrogens with one attached hydrogen (secondary N) is 1. The van der Waals surface area contributed by atoms with Crippen molar-refractivity contribution >= 4 is 35.0 Å². The molecule has 0 aliphatic carbocycles. The summed E-state index contributed by atoms with van der Waals surface area (Å²) in [6.07, 6.45) is 0. The average Bonchev–Trinajstić information content (AvgIpc) is 2.62. The van der Waals surface area contributed by atoms with Gasteiger partial charge in [-0.2, -0.15) is 0 Å². The summed E-state index contributed by atoms with van der Waals surface area (Å²) in [5.41, 5.74) is 0.974. The van der Waals surface area contributed by atoms with Crippen LogP contribution in [-0.4, -0.2) is 36.4 Å². The molecule has 0 aromatic heterocycles. The van der Waals surface area contributed by atoms with Crippen LogP contribution in [0.4, 0.5) is 0 Å². The largest absolute Gasteiger partial charge is 0.484 e. The van der Waals surface area contributed by atoms with Gasteiger partial charge >= 0.3 is 0 Å². The van der Waals surface area contributed by atoms with E-state index in [1.54, 1.807) is 41.3 Å². The first kappa shape index (κ1) is 20.1. The van der Waals surface area contributed by atoms with Crippen molar-refractivity contribution in [2.24, 2.45) is 0 Å². The van der Waals surface area contributed by atoms with Crippen molar-refractivity contribution in [3.05, 3.63) is 64.1 Å². The summed E-state index contributed by atoms with van der Waals surface area (Å²) >= 11 is 11.7. The summed E-state index contributed by atoms with van der Waals surface area (Å²) in [6.45, 7) is 2.62. The first-order chi connectivity index (χ1) is 12.4. The number of hydrogen-bond donors (Lipinski definition) is 1. The lowest BCUT2D eigenvalue weighted by Gasteiger charge is -2.21. The summed E-state index contributed by atoms with van der Waals surface area (Å²) in [7, 11) is 0. The topological polar surface area (TPSA) is 58.6 Å². The fraction of sp³-hybridized carbons (Fsp3) is 0.263. The maximum atomic E-state index is 11.9. The highest BCUT2D eigenvalue weighted by molar-refractivity contribution is 6.30. The van der Waals surface area contributed by atoms with Gasteiger partial charge in [-0.25, -0.2) is 0 Å². The molecule has 2 rings (SSSR count). The summed E-state index contributed by atoms with van der Waals surface area (Å²) in [4.78, 5) is 25.3. The van der Waals surface area contributed by atoms with Crippen molar-refractivity contribution in [2.45, 2.75) is 13.5 Å². The SMILES string of the molecule is CC(=O)N(CCNC(=O)COc1ccc(Cl)cc1)Cc1ccc(Cl)cc1. The standard InChI is InChI=1S/C19H20Cl2N2O3/c1-14(24)23(12-15-2-4-16(20)5-3-15)11-10-22-19(25)13-26-18-8-6-17(21)7-9-18/h2-9H,10-13H2,1H3,(H,22,25). The third kappa shape index (κ3) is 6.94. The number of carbonyl (C=O) groups excluding carboxylic acids is 2. The quantitative estimate of drug-likeness (QED) is 0.744. The van der Waals surface area contributed by atoms with Gasteiger partial charge in [0, 0.05) is 36.6 Å². The predicted molar refractivity (Wildman–Crippen MR) is 102 cm³/mol. The number of benzene rings is 2. The molecule has 0 bridgehead atoms. The Morgan fingerprint density at radius 2 is 1.58 bits per heavy atom. The van der Waals surface area contributed by atoms with E-state index in [1.807, 2.05) is 12.1 Å². The highest BCUT2D eigenvalue weighted by atomic mass is 35.5. The molecule has 7 heteroatoms. The van der Waals surface area contributed by atoms with Crippen molar-refractivity contribution in [1.29, 1.82) is 0 Å². The van der Waals surface area contributed by atoms with Gasteiger partial charge in [-0.1, -0.05) is 35.3 Å². The second-order valence-electron chi connectivity index (χ2n) is 5.66. The van der Waals surface area contributed by atoms with Gasteiger partial charge in [-0.05, 0) is 42.0 Å². The molecule has 2 aromatic rings. The zero-order valence-electron chi connectivity index (χ0n) is 14.4. The van der Waals surface area contributed by atoms with Crippen LogP contribution in [0.25, 0.3) is 0 Å². The Bertz CT molecular complexity index is 733. The summed E-state index contributed by atoms with van der Waals surface area (Å²) in [5.74, 6) is 0.249. The zero-order valence-corrected chi connectivity index (χ0v) is 15.9. The van der Waals surface area contributed by atoms with Crippen molar-refractivity contribution < 1.29 is 14.3 Å². The van der Waals surface area contributed by atoms with Crippen LogP contribution in [0.15, 0.2) is 48.5 Å². The first-order valence-corrected chi connectivity index (χ1v) is 8.84. The van der Waals surface area contributed by atoms with Crippen LogP contribution in [0.1, 0.15) is 12.5 Å². The maximum Gasteiger partial charge on any atom is 0.258 e. The van der Waals surface area contributed by atoms with E-state index in [9.17, 15) is 9.59 Å². The highest BCUT2D eigenvalue weighted by Gasteiger charge is 2.10. The average molecular weight is 395 g/mol. The van der Waals surface area contributed by atoms with Crippen LogP contribution >= 0.6 is 23.2 Å². The normalized spacial score (nSPS) is 10.3. The van der Waals surface area contributed by atoms with Crippen molar-refractivity contribution in [2.75, 3.05) is 19.7 Å². The molecule has 0 heterocycles. The second-order valence-corrected chi connectivity index (χ2v) is 6.53. The van der Waals surface area contributed by atoms with E-state index in [-0.39, 0.29) is 18.4 Å². The Balaban J connectivity index is 1.74. The number of amides is 2. The minimum atomic E-state index is -0.255. The molecule has 0 saturated carbocycles. The Kier molecular flexibility index (Phi) is 7.75. The minimum absolute atomic E-state index is 0.0633. The van der Waals surface area contributed by atoms with Gasteiger partial charge in [0.15, 0.2) is 6.61 Å². The van der Waals surface area contributed by atoms with Gasteiger partial charge in [0.25, 0.3) is 5.91 Å². The van der Waals surface area contributed by atoms with Crippen LogP contribution in [0.2, 0.25) is 10.0 Å². The van der Waals surface area contributed by atoms with E-state index in [4.69, 9.17) is 27.9 Å². The monoisotopic (exact) mass is 394 g/mol. The second kappa shape index (κ2) is 10.0. The summed E-state index contributed by atoms with van der Waals surface area (Å²) in [5, 5.41) is 3.99. The maximum absolute atomic E-state index is 11.9. The molecule has 2 amide bonds. The molecule has 0 radical (unpaired) electrons. The molecule has 0 atom stereocenters. The fourth-order valence-corrected chi connectivity index (χ4v) is 2.47. The van der Waals surface area contributed by atoms with Crippen LogP contribution in [0, 0.1) is 0 Å². The van der Waals surface area contributed by atoms with E-state index in [0.29, 0.717) is 35.4 Å². The van der Waals surface area contributed by atoms with Crippen LogP contribution < -0.4 is 10.1 Å². The Labute approximate surface area is 162 Å². The molecule has 0 aliphatic heterocycles. The van der Waals surface area contributed by atoms with E-state index < -0.39 is 0 Å². The number of rotatable bonds is 8. The van der Waals surface area contributed by atoms with Crippen LogP contribution in [-0.2, 0) is 16.1 Å². The molecule has 138 valence electrons. The lowest BCUT2D eigenvalue weighted by Crippen LogP contribution is -2.38. The summed E-state index contributed by atoms with van der Waals surface area (Å²) in [6, 6.07) is 14.1. The lowest BCUT2D eigenvalue weighted by atomic mass is 10.2. The van der Waals surface area contributed by atoms with Crippen molar-refractivity contribution in [1.82, 2.24) is 10.2 Å². The molecule has 26 heavy (non-hydrogen) atoms. The predicted octanol–water partition coefficient (Wildman–Crippen LogP) is 3.54. The number of ether oxygens (including phenoxy) is 1. The molecule has 0 spiro atoms. The van der Waals surface area contributed by atoms with E-state index in [1.165, 1.54) is 6.92 Å².